The Morgan fingerprint density at radius 2 is 2.10 bits per heavy atom. The minimum Gasteiger partial charge on any atom is -0.371 e. The standard InChI is InChI=1S/C14H15F2N3O/c15-12-3-9(4-13(16)11(12)5-17)14-7-19-2-1-18-6-10(19)8-20-14/h3-4,10,14,18H,1-2,6-8H2/t10-,14-/m1/s1. The molecule has 1 aromatic carbocycles. The van der Waals surface area contributed by atoms with Crippen LogP contribution in [0.2, 0.25) is 0 Å². The zero-order chi connectivity index (χ0) is 14.1. The second kappa shape index (κ2) is 5.44. The molecule has 2 fully saturated rings. The molecule has 6 heteroatoms. The molecule has 4 nitrogen and oxygen atoms in total. The van der Waals surface area contributed by atoms with Gasteiger partial charge in [-0.2, -0.15) is 5.26 Å². The number of benzene rings is 1. The quantitative estimate of drug-likeness (QED) is 0.838. The fraction of sp³-hybridized carbons (Fsp3) is 0.500. The lowest BCUT2D eigenvalue weighted by atomic mass is 10.0. The third-order valence-corrected chi connectivity index (χ3v) is 3.91. The van der Waals surface area contributed by atoms with E-state index in [1.54, 1.807) is 0 Å². The van der Waals surface area contributed by atoms with Gasteiger partial charge >= 0.3 is 0 Å². The van der Waals surface area contributed by atoms with Crippen LogP contribution in [-0.4, -0.2) is 43.7 Å². The van der Waals surface area contributed by atoms with Crippen molar-refractivity contribution in [3.05, 3.63) is 34.9 Å². The summed E-state index contributed by atoms with van der Waals surface area (Å²) in [4.78, 5) is 2.28. The number of nitriles is 1. The first kappa shape index (κ1) is 13.4. The maximum Gasteiger partial charge on any atom is 0.144 e. The first-order chi connectivity index (χ1) is 9.69. The molecule has 3 rings (SSSR count). The normalized spacial score (nSPS) is 26.9. The third kappa shape index (κ3) is 2.40. The van der Waals surface area contributed by atoms with Crippen molar-refractivity contribution in [2.45, 2.75) is 12.1 Å². The van der Waals surface area contributed by atoms with E-state index < -0.39 is 17.2 Å². The van der Waals surface area contributed by atoms with E-state index in [1.165, 1.54) is 18.2 Å². The van der Waals surface area contributed by atoms with Gasteiger partial charge < -0.3 is 10.1 Å². The average Bonchev–Trinajstić information content (AvgIpc) is 2.46. The topological polar surface area (TPSA) is 48.3 Å². The van der Waals surface area contributed by atoms with Crippen molar-refractivity contribution in [1.29, 1.82) is 5.26 Å². The van der Waals surface area contributed by atoms with Gasteiger partial charge in [0.15, 0.2) is 0 Å². The Hall–Kier alpha value is -1.55. The van der Waals surface area contributed by atoms with E-state index in [2.05, 4.69) is 10.2 Å². The molecule has 0 bridgehead atoms. The Bertz CT molecular complexity index is 535. The van der Waals surface area contributed by atoms with Gasteiger partial charge in [-0.05, 0) is 17.7 Å². The molecule has 2 heterocycles. The van der Waals surface area contributed by atoms with Gasteiger partial charge in [-0.1, -0.05) is 0 Å². The van der Waals surface area contributed by atoms with Crippen LogP contribution in [0.1, 0.15) is 17.2 Å². The van der Waals surface area contributed by atoms with Crippen LogP contribution in [0.5, 0.6) is 0 Å². The lowest BCUT2D eigenvalue weighted by molar-refractivity contribution is -0.0719. The zero-order valence-corrected chi connectivity index (χ0v) is 10.9. The zero-order valence-electron chi connectivity index (χ0n) is 10.9. The van der Waals surface area contributed by atoms with Crippen LogP contribution in [-0.2, 0) is 4.74 Å². The number of rotatable bonds is 1. The van der Waals surface area contributed by atoms with Gasteiger partial charge in [0.2, 0.25) is 0 Å². The molecular formula is C14H15F2N3O. The molecule has 2 saturated heterocycles. The fourth-order valence-corrected chi connectivity index (χ4v) is 2.79. The summed E-state index contributed by atoms with van der Waals surface area (Å²) in [6.45, 7) is 3.87. The van der Waals surface area contributed by atoms with Crippen LogP contribution in [0.15, 0.2) is 12.1 Å². The van der Waals surface area contributed by atoms with Crippen molar-refractivity contribution in [2.24, 2.45) is 0 Å². The maximum atomic E-state index is 13.7. The van der Waals surface area contributed by atoms with E-state index in [0.29, 0.717) is 24.8 Å². The van der Waals surface area contributed by atoms with Crippen molar-refractivity contribution in [3.63, 3.8) is 0 Å². The Morgan fingerprint density at radius 3 is 2.80 bits per heavy atom. The van der Waals surface area contributed by atoms with Crippen molar-refractivity contribution in [1.82, 2.24) is 10.2 Å². The molecule has 1 aromatic rings. The highest BCUT2D eigenvalue weighted by Crippen LogP contribution is 2.27. The second-order valence-electron chi connectivity index (χ2n) is 5.15. The summed E-state index contributed by atoms with van der Waals surface area (Å²) in [7, 11) is 0. The van der Waals surface area contributed by atoms with E-state index >= 15 is 0 Å². The SMILES string of the molecule is N#Cc1c(F)cc([C@H]2CN3CCNC[C@@H]3CO2)cc1F. The fourth-order valence-electron chi connectivity index (χ4n) is 2.79. The molecule has 0 unspecified atom stereocenters. The van der Waals surface area contributed by atoms with Crippen molar-refractivity contribution in [2.75, 3.05) is 32.8 Å². The highest BCUT2D eigenvalue weighted by molar-refractivity contribution is 5.36. The lowest BCUT2D eigenvalue weighted by Gasteiger charge is -2.42. The van der Waals surface area contributed by atoms with Crippen molar-refractivity contribution < 1.29 is 13.5 Å². The Kier molecular flexibility index (Phi) is 3.66. The number of hydrogen-bond donors (Lipinski definition) is 1. The molecular weight excluding hydrogens is 264 g/mol. The van der Waals surface area contributed by atoms with E-state index in [-0.39, 0.29) is 6.10 Å². The number of fused-ring (bicyclic) bond motifs is 1. The third-order valence-electron chi connectivity index (χ3n) is 3.91. The molecule has 2 aliphatic rings. The van der Waals surface area contributed by atoms with Gasteiger partial charge in [-0.15, -0.1) is 0 Å². The smallest absolute Gasteiger partial charge is 0.144 e. The molecule has 2 aliphatic heterocycles. The molecule has 0 saturated carbocycles. The lowest BCUT2D eigenvalue weighted by Crippen LogP contribution is -2.57. The highest BCUT2D eigenvalue weighted by atomic mass is 19.1. The molecule has 1 N–H and O–H groups in total. The van der Waals surface area contributed by atoms with Crippen LogP contribution >= 0.6 is 0 Å². The number of morpholine rings is 1. The molecule has 0 spiro atoms. The number of nitrogens with one attached hydrogen (secondary N) is 1. The van der Waals surface area contributed by atoms with Crippen LogP contribution in [0.3, 0.4) is 0 Å². The first-order valence-electron chi connectivity index (χ1n) is 6.64. The number of ether oxygens (including phenoxy) is 1. The number of piperazine rings is 1. The van der Waals surface area contributed by atoms with Crippen LogP contribution < -0.4 is 5.32 Å². The second-order valence-corrected chi connectivity index (χ2v) is 5.15. The van der Waals surface area contributed by atoms with Gasteiger partial charge in [0, 0.05) is 32.2 Å². The monoisotopic (exact) mass is 279 g/mol. The Labute approximate surface area is 115 Å². The number of nitrogens with zero attached hydrogens (tertiary/aromatic N) is 2. The predicted molar refractivity (Wildman–Crippen MR) is 68.0 cm³/mol. The van der Waals surface area contributed by atoms with Gasteiger partial charge in [-0.3, -0.25) is 4.90 Å². The predicted octanol–water partition coefficient (Wildman–Crippen LogP) is 1.18. The van der Waals surface area contributed by atoms with Crippen LogP contribution in [0.4, 0.5) is 8.78 Å². The van der Waals surface area contributed by atoms with Gasteiger partial charge in [0.25, 0.3) is 0 Å². The van der Waals surface area contributed by atoms with E-state index in [0.717, 1.165) is 19.6 Å². The Morgan fingerprint density at radius 1 is 1.35 bits per heavy atom. The summed E-state index contributed by atoms with van der Waals surface area (Å²) in [5.41, 5.74) is -0.0828. The van der Waals surface area contributed by atoms with Crippen LogP contribution in [0.25, 0.3) is 0 Å². The summed E-state index contributed by atoms with van der Waals surface area (Å²) in [6.07, 6.45) is -0.346. The molecule has 0 aliphatic carbocycles. The summed E-state index contributed by atoms with van der Waals surface area (Å²) >= 11 is 0. The average molecular weight is 279 g/mol. The van der Waals surface area contributed by atoms with Crippen LogP contribution in [0, 0.1) is 23.0 Å². The van der Waals surface area contributed by atoms with E-state index in [1.807, 2.05) is 0 Å². The van der Waals surface area contributed by atoms with Crippen molar-refractivity contribution in [3.8, 4) is 6.07 Å². The Balaban J connectivity index is 1.82. The maximum absolute atomic E-state index is 13.7. The van der Waals surface area contributed by atoms with Gasteiger partial charge in [-0.25, -0.2) is 8.78 Å². The van der Waals surface area contributed by atoms with E-state index in [4.69, 9.17) is 10.00 Å². The molecule has 20 heavy (non-hydrogen) atoms. The van der Waals surface area contributed by atoms with Gasteiger partial charge in [0.05, 0.1) is 12.7 Å². The number of hydrogen-bond acceptors (Lipinski definition) is 4. The minimum absolute atomic E-state index is 0.327. The molecule has 0 radical (unpaired) electrons. The summed E-state index contributed by atoms with van der Waals surface area (Å²) in [6, 6.07) is 4.26. The molecule has 106 valence electrons. The van der Waals surface area contributed by atoms with E-state index in [9.17, 15) is 8.78 Å². The molecule has 2 atom stereocenters. The molecule has 0 amide bonds. The van der Waals surface area contributed by atoms with Crippen molar-refractivity contribution >= 4 is 0 Å². The largest absolute Gasteiger partial charge is 0.371 e. The molecule has 0 aromatic heterocycles. The van der Waals surface area contributed by atoms with Gasteiger partial charge in [0.1, 0.15) is 23.3 Å². The number of halogens is 2. The highest BCUT2D eigenvalue weighted by Gasteiger charge is 2.32. The minimum atomic E-state index is -0.825. The summed E-state index contributed by atoms with van der Waals surface area (Å²) in [5, 5.41) is 12.0. The summed E-state index contributed by atoms with van der Waals surface area (Å²) < 4.78 is 33.0. The first-order valence-corrected chi connectivity index (χ1v) is 6.64. The summed E-state index contributed by atoms with van der Waals surface area (Å²) in [5.74, 6) is -1.65.